The normalized spacial score (nSPS) is 16.3. The summed E-state index contributed by atoms with van der Waals surface area (Å²) in [5.41, 5.74) is 1.16. The Balaban J connectivity index is 1.33. The molecular weight excluding hydrogens is 382 g/mol. The molecule has 0 aliphatic carbocycles. The molecule has 0 spiro atoms. The van der Waals surface area contributed by atoms with Gasteiger partial charge >= 0.3 is 0 Å². The van der Waals surface area contributed by atoms with Crippen LogP contribution in [0.4, 0.5) is 5.82 Å². The average Bonchev–Trinajstić information content (AvgIpc) is 3.22. The third-order valence-electron chi connectivity index (χ3n) is 5.42. The number of nitrogens with one attached hydrogen (secondary N) is 1. The molecule has 3 aromatic rings. The molecular formula is C22H27N5OS. The number of carbonyl (C=O) groups is 1. The number of piperazine rings is 1. The monoisotopic (exact) mass is 409 g/mol. The van der Waals surface area contributed by atoms with Gasteiger partial charge in [-0.25, -0.2) is 9.97 Å². The Morgan fingerprint density at radius 3 is 2.59 bits per heavy atom. The molecule has 4 rings (SSSR count). The molecule has 1 fully saturated rings. The van der Waals surface area contributed by atoms with E-state index in [0.717, 1.165) is 47.8 Å². The van der Waals surface area contributed by atoms with Crippen LogP contribution < -0.4 is 10.2 Å². The second-order valence-corrected chi connectivity index (χ2v) is 8.69. The minimum Gasteiger partial charge on any atom is -0.353 e. The number of amides is 1. The molecule has 0 saturated carbocycles. The van der Waals surface area contributed by atoms with E-state index in [-0.39, 0.29) is 11.9 Å². The topological polar surface area (TPSA) is 61.4 Å². The largest absolute Gasteiger partial charge is 0.353 e. The van der Waals surface area contributed by atoms with E-state index < -0.39 is 0 Å². The fourth-order valence-electron chi connectivity index (χ4n) is 3.86. The van der Waals surface area contributed by atoms with Crippen LogP contribution in [0.1, 0.15) is 25.5 Å². The summed E-state index contributed by atoms with van der Waals surface area (Å²) < 4.78 is 0. The standard InChI is InChI=1S/C22H27N5OS/c1-16(2)20(17-6-4-3-5-7-17)25-19(28)14-26-9-11-27(12-10-26)21-18-8-13-29-22(18)24-15-23-21/h3-8,13,15-16,20H,9-12,14H2,1-2H3,(H,25,28). The maximum absolute atomic E-state index is 12.7. The van der Waals surface area contributed by atoms with Gasteiger partial charge in [0.25, 0.3) is 0 Å². The smallest absolute Gasteiger partial charge is 0.234 e. The molecule has 7 heteroatoms. The van der Waals surface area contributed by atoms with Crippen LogP contribution in [-0.2, 0) is 4.79 Å². The van der Waals surface area contributed by atoms with E-state index in [1.807, 2.05) is 18.2 Å². The Labute approximate surface area is 175 Å². The first kappa shape index (κ1) is 19.8. The Kier molecular flexibility index (Phi) is 6.06. The minimum atomic E-state index is 0.0397. The molecule has 1 aliphatic heterocycles. The van der Waals surface area contributed by atoms with Crippen LogP contribution in [0.3, 0.4) is 0 Å². The van der Waals surface area contributed by atoms with E-state index in [0.29, 0.717) is 12.5 Å². The molecule has 1 aliphatic rings. The van der Waals surface area contributed by atoms with Gasteiger partial charge < -0.3 is 10.2 Å². The van der Waals surface area contributed by atoms with Gasteiger partial charge in [-0.15, -0.1) is 11.3 Å². The maximum atomic E-state index is 12.7. The van der Waals surface area contributed by atoms with Crippen molar-refractivity contribution < 1.29 is 4.79 Å². The van der Waals surface area contributed by atoms with E-state index in [4.69, 9.17) is 0 Å². The number of hydrogen-bond donors (Lipinski definition) is 1. The molecule has 1 saturated heterocycles. The van der Waals surface area contributed by atoms with Gasteiger partial charge in [-0.1, -0.05) is 44.2 Å². The van der Waals surface area contributed by atoms with Crippen LogP contribution in [0.5, 0.6) is 0 Å². The molecule has 0 bridgehead atoms. The number of aromatic nitrogens is 2. The molecule has 1 unspecified atom stereocenters. The van der Waals surface area contributed by atoms with Crippen molar-refractivity contribution in [1.82, 2.24) is 20.2 Å². The number of fused-ring (bicyclic) bond motifs is 1. The quantitative estimate of drug-likeness (QED) is 0.677. The minimum absolute atomic E-state index is 0.0397. The molecule has 0 radical (unpaired) electrons. The fraction of sp³-hybridized carbons (Fsp3) is 0.409. The van der Waals surface area contributed by atoms with Crippen LogP contribution in [-0.4, -0.2) is 53.5 Å². The van der Waals surface area contributed by atoms with Gasteiger partial charge in [0.05, 0.1) is 18.0 Å². The number of nitrogens with zero attached hydrogens (tertiary/aromatic N) is 4. The van der Waals surface area contributed by atoms with Crippen LogP contribution in [0, 0.1) is 5.92 Å². The predicted octanol–water partition coefficient (Wildman–Crippen LogP) is 3.33. The van der Waals surface area contributed by atoms with Gasteiger partial charge in [-0.3, -0.25) is 9.69 Å². The SMILES string of the molecule is CC(C)C(NC(=O)CN1CCN(c2ncnc3sccc23)CC1)c1ccccc1. The third-order valence-corrected chi connectivity index (χ3v) is 6.24. The van der Waals surface area contributed by atoms with Crippen molar-refractivity contribution >= 4 is 33.3 Å². The van der Waals surface area contributed by atoms with E-state index in [9.17, 15) is 4.79 Å². The van der Waals surface area contributed by atoms with Gasteiger partial charge in [0.1, 0.15) is 17.0 Å². The zero-order chi connectivity index (χ0) is 20.2. The number of hydrogen-bond acceptors (Lipinski definition) is 6. The predicted molar refractivity (Wildman–Crippen MR) is 118 cm³/mol. The van der Waals surface area contributed by atoms with Crippen molar-refractivity contribution in [3.63, 3.8) is 0 Å². The second-order valence-electron chi connectivity index (χ2n) is 7.80. The summed E-state index contributed by atoms with van der Waals surface area (Å²) in [5.74, 6) is 1.43. The summed E-state index contributed by atoms with van der Waals surface area (Å²) in [7, 11) is 0. The fourth-order valence-corrected chi connectivity index (χ4v) is 4.59. The van der Waals surface area contributed by atoms with Crippen molar-refractivity contribution in [2.24, 2.45) is 5.92 Å². The van der Waals surface area contributed by atoms with Gasteiger partial charge in [-0.05, 0) is 22.9 Å². The van der Waals surface area contributed by atoms with Crippen LogP contribution in [0.2, 0.25) is 0 Å². The summed E-state index contributed by atoms with van der Waals surface area (Å²) in [6.07, 6.45) is 1.64. The van der Waals surface area contributed by atoms with Crippen molar-refractivity contribution in [3.05, 3.63) is 53.7 Å². The highest BCUT2D eigenvalue weighted by atomic mass is 32.1. The number of carbonyl (C=O) groups excluding carboxylic acids is 1. The van der Waals surface area contributed by atoms with E-state index >= 15 is 0 Å². The first-order valence-electron chi connectivity index (χ1n) is 10.1. The van der Waals surface area contributed by atoms with Crippen LogP contribution in [0.25, 0.3) is 10.2 Å². The molecule has 1 aromatic carbocycles. The summed E-state index contributed by atoms with van der Waals surface area (Å²) in [6, 6.07) is 12.3. The van der Waals surface area contributed by atoms with Crippen molar-refractivity contribution in [2.45, 2.75) is 19.9 Å². The van der Waals surface area contributed by atoms with Gasteiger partial charge in [-0.2, -0.15) is 0 Å². The van der Waals surface area contributed by atoms with Crippen LogP contribution in [0.15, 0.2) is 48.1 Å². The lowest BCUT2D eigenvalue weighted by Crippen LogP contribution is -2.50. The Bertz CT molecular complexity index is 950. The van der Waals surface area contributed by atoms with Crippen molar-refractivity contribution in [2.75, 3.05) is 37.6 Å². The third kappa shape index (κ3) is 4.57. The highest BCUT2D eigenvalue weighted by molar-refractivity contribution is 7.16. The Morgan fingerprint density at radius 2 is 1.86 bits per heavy atom. The lowest BCUT2D eigenvalue weighted by Gasteiger charge is -2.35. The van der Waals surface area contributed by atoms with E-state index in [2.05, 4.69) is 62.5 Å². The zero-order valence-electron chi connectivity index (χ0n) is 16.9. The molecule has 1 atom stereocenters. The van der Waals surface area contributed by atoms with E-state index in [1.54, 1.807) is 17.7 Å². The van der Waals surface area contributed by atoms with E-state index in [1.165, 1.54) is 0 Å². The summed E-state index contributed by atoms with van der Waals surface area (Å²) in [5, 5.41) is 6.40. The molecule has 1 amide bonds. The first-order valence-corrected chi connectivity index (χ1v) is 11.0. The lowest BCUT2D eigenvalue weighted by molar-refractivity contribution is -0.123. The summed E-state index contributed by atoms with van der Waals surface area (Å²) in [6.45, 7) is 8.14. The molecule has 2 aromatic heterocycles. The highest BCUT2D eigenvalue weighted by Gasteiger charge is 2.23. The summed E-state index contributed by atoms with van der Waals surface area (Å²) in [4.78, 5) is 27.1. The maximum Gasteiger partial charge on any atom is 0.234 e. The Morgan fingerprint density at radius 1 is 1.10 bits per heavy atom. The second kappa shape index (κ2) is 8.88. The van der Waals surface area contributed by atoms with Crippen molar-refractivity contribution in [1.29, 1.82) is 0 Å². The van der Waals surface area contributed by atoms with Gasteiger partial charge in [0, 0.05) is 26.2 Å². The molecule has 3 heterocycles. The molecule has 152 valence electrons. The number of benzene rings is 1. The number of thiophene rings is 1. The first-order chi connectivity index (χ1) is 14.1. The van der Waals surface area contributed by atoms with Crippen molar-refractivity contribution in [3.8, 4) is 0 Å². The van der Waals surface area contributed by atoms with Crippen LogP contribution >= 0.6 is 11.3 Å². The Hall–Kier alpha value is -2.51. The molecule has 1 N–H and O–H groups in total. The zero-order valence-corrected chi connectivity index (χ0v) is 17.7. The number of rotatable bonds is 6. The number of anilines is 1. The lowest BCUT2D eigenvalue weighted by atomic mass is 9.96. The summed E-state index contributed by atoms with van der Waals surface area (Å²) >= 11 is 1.64. The van der Waals surface area contributed by atoms with Gasteiger partial charge in [0.2, 0.25) is 5.91 Å². The highest BCUT2D eigenvalue weighted by Crippen LogP contribution is 2.27. The van der Waals surface area contributed by atoms with Gasteiger partial charge in [0.15, 0.2) is 0 Å². The molecule has 6 nitrogen and oxygen atoms in total. The molecule has 29 heavy (non-hydrogen) atoms. The average molecular weight is 410 g/mol.